The molecule has 132 valence electrons. The average molecular weight is 370 g/mol. The molecule has 0 amide bonds. The first-order chi connectivity index (χ1) is 12.7. The van der Waals surface area contributed by atoms with Gasteiger partial charge in [-0.2, -0.15) is 5.26 Å². The fourth-order valence-corrected chi connectivity index (χ4v) is 2.86. The Labute approximate surface area is 154 Å². The van der Waals surface area contributed by atoms with Gasteiger partial charge in [0.15, 0.2) is 11.5 Å². The van der Waals surface area contributed by atoms with Crippen molar-refractivity contribution in [3.05, 3.63) is 69.9 Å². The number of hydrogen-bond acceptors (Lipinski definition) is 6. The highest BCUT2D eigenvalue weighted by Gasteiger charge is 2.08. The molecule has 0 saturated carbocycles. The molecule has 0 aliphatic rings. The van der Waals surface area contributed by atoms with E-state index in [1.54, 1.807) is 30.3 Å². The molecular formula is C19H15FN2O3S. The van der Waals surface area contributed by atoms with E-state index in [2.05, 4.69) is 11.1 Å². The van der Waals surface area contributed by atoms with Crippen LogP contribution >= 0.6 is 11.3 Å². The predicted octanol–water partition coefficient (Wildman–Crippen LogP) is 4.32. The minimum Gasteiger partial charge on any atom is -0.493 e. The standard InChI is InChI=1S/C19H15FN2O3S/c1-23-18-8-13(9-21)2-7-17(18)25-10-15-12-26-19(22-15)11-24-16-5-3-14(20)4-6-16/h2-8,12H,10-11H2,1H3. The molecule has 3 aromatic rings. The Kier molecular flexibility index (Phi) is 5.66. The van der Waals surface area contributed by atoms with Crippen LogP contribution in [0.3, 0.4) is 0 Å². The molecule has 3 rings (SSSR count). The van der Waals surface area contributed by atoms with Gasteiger partial charge in [-0.05, 0) is 36.4 Å². The summed E-state index contributed by atoms with van der Waals surface area (Å²) in [5, 5.41) is 11.6. The Bertz CT molecular complexity index is 919. The Hall–Kier alpha value is -3.11. The van der Waals surface area contributed by atoms with E-state index in [0.29, 0.717) is 29.4 Å². The van der Waals surface area contributed by atoms with Gasteiger partial charge in [0.1, 0.15) is 29.8 Å². The molecule has 26 heavy (non-hydrogen) atoms. The van der Waals surface area contributed by atoms with Gasteiger partial charge < -0.3 is 14.2 Å². The van der Waals surface area contributed by atoms with Crippen LogP contribution in [0.5, 0.6) is 17.2 Å². The van der Waals surface area contributed by atoms with Crippen LogP contribution < -0.4 is 14.2 Å². The molecule has 0 unspecified atom stereocenters. The van der Waals surface area contributed by atoms with Crippen LogP contribution in [0.15, 0.2) is 47.8 Å². The van der Waals surface area contributed by atoms with Crippen molar-refractivity contribution in [1.82, 2.24) is 4.98 Å². The number of hydrogen-bond donors (Lipinski definition) is 0. The first-order valence-corrected chi connectivity index (χ1v) is 8.58. The summed E-state index contributed by atoms with van der Waals surface area (Å²) in [6.45, 7) is 0.575. The van der Waals surface area contributed by atoms with Gasteiger partial charge in [-0.1, -0.05) is 0 Å². The van der Waals surface area contributed by atoms with Gasteiger partial charge in [0, 0.05) is 11.4 Å². The van der Waals surface area contributed by atoms with Gasteiger partial charge >= 0.3 is 0 Å². The van der Waals surface area contributed by atoms with E-state index in [4.69, 9.17) is 19.5 Å². The summed E-state index contributed by atoms with van der Waals surface area (Å²) in [4.78, 5) is 4.45. The highest BCUT2D eigenvalue weighted by Crippen LogP contribution is 2.28. The molecule has 1 aromatic heterocycles. The van der Waals surface area contributed by atoms with Crippen LogP contribution in [0.4, 0.5) is 4.39 Å². The molecule has 0 atom stereocenters. The predicted molar refractivity (Wildman–Crippen MR) is 94.9 cm³/mol. The van der Waals surface area contributed by atoms with E-state index in [0.717, 1.165) is 10.7 Å². The number of nitrogens with zero attached hydrogens (tertiary/aromatic N) is 2. The number of ether oxygens (including phenoxy) is 3. The Morgan fingerprint density at radius 3 is 2.62 bits per heavy atom. The summed E-state index contributed by atoms with van der Waals surface area (Å²) in [6, 6.07) is 12.9. The number of rotatable bonds is 7. The fraction of sp³-hybridized carbons (Fsp3) is 0.158. The lowest BCUT2D eigenvalue weighted by atomic mass is 10.2. The zero-order valence-electron chi connectivity index (χ0n) is 13.9. The molecule has 0 fully saturated rings. The van der Waals surface area contributed by atoms with Crippen molar-refractivity contribution in [2.24, 2.45) is 0 Å². The molecule has 2 aromatic carbocycles. The van der Waals surface area contributed by atoms with Crippen molar-refractivity contribution >= 4 is 11.3 Å². The fourth-order valence-electron chi connectivity index (χ4n) is 2.17. The van der Waals surface area contributed by atoms with Crippen LogP contribution in [0.2, 0.25) is 0 Å². The molecule has 0 radical (unpaired) electrons. The second-order valence-electron chi connectivity index (χ2n) is 5.24. The van der Waals surface area contributed by atoms with Crippen molar-refractivity contribution in [1.29, 1.82) is 5.26 Å². The van der Waals surface area contributed by atoms with E-state index in [-0.39, 0.29) is 12.4 Å². The first-order valence-electron chi connectivity index (χ1n) is 7.70. The quantitative estimate of drug-likeness (QED) is 0.620. The van der Waals surface area contributed by atoms with Gasteiger partial charge in [0.2, 0.25) is 0 Å². The lowest BCUT2D eigenvalue weighted by Gasteiger charge is -2.09. The summed E-state index contributed by atoms with van der Waals surface area (Å²) in [5.74, 6) is 1.33. The topological polar surface area (TPSA) is 64.4 Å². The van der Waals surface area contributed by atoms with Crippen molar-refractivity contribution < 1.29 is 18.6 Å². The molecule has 1 heterocycles. The summed E-state index contributed by atoms with van der Waals surface area (Å²) < 4.78 is 29.4. The smallest absolute Gasteiger partial charge is 0.162 e. The van der Waals surface area contributed by atoms with Gasteiger partial charge in [-0.15, -0.1) is 11.3 Å². The van der Waals surface area contributed by atoms with E-state index < -0.39 is 0 Å². The maximum atomic E-state index is 12.9. The normalized spacial score (nSPS) is 10.2. The summed E-state index contributed by atoms with van der Waals surface area (Å²) >= 11 is 1.46. The minimum atomic E-state index is -0.302. The lowest BCUT2D eigenvalue weighted by molar-refractivity contribution is 0.279. The monoisotopic (exact) mass is 370 g/mol. The third-order valence-electron chi connectivity index (χ3n) is 3.44. The van der Waals surface area contributed by atoms with Gasteiger partial charge in [-0.25, -0.2) is 9.37 Å². The van der Waals surface area contributed by atoms with Crippen LogP contribution in [0.25, 0.3) is 0 Å². The molecule has 0 bridgehead atoms. The number of nitriles is 1. The summed E-state index contributed by atoms with van der Waals surface area (Å²) in [7, 11) is 1.52. The molecule has 0 aliphatic carbocycles. The third kappa shape index (κ3) is 4.49. The van der Waals surface area contributed by atoms with Crippen molar-refractivity contribution in [3.8, 4) is 23.3 Å². The van der Waals surface area contributed by atoms with E-state index in [1.165, 1.54) is 30.6 Å². The second-order valence-corrected chi connectivity index (χ2v) is 6.18. The third-order valence-corrected chi connectivity index (χ3v) is 4.31. The van der Waals surface area contributed by atoms with E-state index >= 15 is 0 Å². The second kappa shape index (κ2) is 8.32. The van der Waals surface area contributed by atoms with Gasteiger partial charge in [0.25, 0.3) is 0 Å². The van der Waals surface area contributed by atoms with Crippen LogP contribution in [0.1, 0.15) is 16.3 Å². The molecular weight excluding hydrogens is 355 g/mol. The highest BCUT2D eigenvalue weighted by molar-refractivity contribution is 7.09. The SMILES string of the molecule is COc1cc(C#N)ccc1OCc1csc(COc2ccc(F)cc2)n1. The number of aromatic nitrogens is 1. The number of halogens is 1. The van der Waals surface area contributed by atoms with Crippen LogP contribution in [-0.2, 0) is 13.2 Å². The summed E-state index contributed by atoms with van der Waals surface area (Å²) in [6.07, 6.45) is 0. The van der Waals surface area contributed by atoms with Crippen LogP contribution in [-0.4, -0.2) is 12.1 Å². The average Bonchev–Trinajstić information content (AvgIpc) is 3.13. The maximum absolute atomic E-state index is 12.9. The zero-order chi connectivity index (χ0) is 18.4. The van der Waals surface area contributed by atoms with Crippen molar-refractivity contribution in [2.45, 2.75) is 13.2 Å². The molecule has 0 N–H and O–H groups in total. The maximum Gasteiger partial charge on any atom is 0.162 e. The molecule has 0 aliphatic heterocycles. The highest BCUT2D eigenvalue weighted by atomic mass is 32.1. The van der Waals surface area contributed by atoms with E-state index in [1.807, 2.05) is 5.38 Å². The van der Waals surface area contributed by atoms with E-state index in [9.17, 15) is 4.39 Å². The van der Waals surface area contributed by atoms with Gasteiger partial charge in [-0.3, -0.25) is 0 Å². The Morgan fingerprint density at radius 1 is 1.08 bits per heavy atom. The number of benzene rings is 2. The van der Waals surface area contributed by atoms with Crippen LogP contribution in [0, 0.1) is 17.1 Å². The molecule has 0 saturated heterocycles. The van der Waals surface area contributed by atoms with Gasteiger partial charge in [0.05, 0.1) is 24.4 Å². The molecule has 0 spiro atoms. The molecule has 7 heteroatoms. The minimum absolute atomic E-state index is 0.273. The Balaban J connectivity index is 1.57. The summed E-state index contributed by atoms with van der Waals surface area (Å²) in [5.41, 5.74) is 1.27. The Morgan fingerprint density at radius 2 is 1.88 bits per heavy atom. The largest absolute Gasteiger partial charge is 0.493 e. The molecule has 5 nitrogen and oxygen atoms in total. The lowest BCUT2D eigenvalue weighted by Crippen LogP contribution is -2.00. The number of thiazole rings is 1. The van der Waals surface area contributed by atoms with Crippen molar-refractivity contribution in [2.75, 3.05) is 7.11 Å². The van der Waals surface area contributed by atoms with Crippen molar-refractivity contribution in [3.63, 3.8) is 0 Å². The first kappa shape index (κ1) is 17.7. The zero-order valence-corrected chi connectivity index (χ0v) is 14.8. The number of methoxy groups -OCH3 is 1.